The number of rotatable bonds is 6. The summed E-state index contributed by atoms with van der Waals surface area (Å²) in [6.45, 7) is 5.03. The second-order valence-electron chi connectivity index (χ2n) is 6.94. The van der Waals surface area contributed by atoms with E-state index in [1.165, 1.54) is 4.31 Å². The predicted molar refractivity (Wildman–Crippen MR) is 112 cm³/mol. The topological polar surface area (TPSA) is 102 Å². The summed E-state index contributed by atoms with van der Waals surface area (Å²) in [5.74, 6) is 1.30. The molecule has 9 nitrogen and oxygen atoms in total. The fourth-order valence-electron chi connectivity index (χ4n) is 3.35. The van der Waals surface area contributed by atoms with Crippen LogP contribution in [-0.4, -0.2) is 52.2 Å². The van der Waals surface area contributed by atoms with E-state index in [0.717, 1.165) is 0 Å². The van der Waals surface area contributed by atoms with Crippen molar-refractivity contribution in [1.29, 1.82) is 0 Å². The average Bonchev–Trinajstić information content (AvgIpc) is 3.16. The summed E-state index contributed by atoms with van der Waals surface area (Å²) in [5, 5.41) is 7.42. The molecule has 1 atom stereocenters. The Bertz CT molecular complexity index is 1120. The highest BCUT2D eigenvalue weighted by Crippen LogP contribution is 2.27. The first kappa shape index (κ1) is 20.5. The van der Waals surface area contributed by atoms with Crippen LogP contribution >= 0.6 is 0 Å². The van der Waals surface area contributed by atoms with Gasteiger partial charge in [-0.3, -0.25) is 4.68 Å². The molecule has 0 radical (unpaired) electrons. The highest BCUT2D eigenvalue weighted by molar-refractivity contribution is 7.89. The van der Waals surface area contributed by atoms with E-state index in [1.807, 2.05) is 43.3 Å². The van der Waals surface area contributed by atoms with Crippen LogP contribution in [-0.2, 0) is 21.3 Å². The minimum absolute atomic E-state index is 0.194. The number of pyridine rings is 2. The summed E-state index contributed by atoms with van der Waals surface area (Å²) in [7, 11) is -3.66. The van der Waals surface area contributed by atoms with Crippen molar-refractivity contribution >= 4 is 21.7 Å². The number of aryl methyl sites for hydroxylation is 2. The zero-order valence-corrected chi connectivity index (χ0v) is 17.7. The molecule has 3 aromatic rings. The third-order valence-corrected chi connectivity index (χ3v) is 6.86. The molecule has 0 aliphatic carbocycles. The maximum atomic E-state index is 13.2. The minimum Gasteiger partial charge on any atom is -0.369 e. The molecular weight excluding hydrogens is 404 g/mol. The second kappa shape index (κ2) is 8.50. The molecule has 4 rings (SSSR count). The van der Waals surface area contributed by atoms with Gasteiger partial charge in [0.1, 0.15) is 22.6 Å². The van der Waals surface area contributed by atoms with Crippen molar-refractivity contribution in [2.24, 2.45) is 0 Å². The fraction of sp³-hybridized carbons (Fsp3) is 0.350. The average molecular weight is 429 g/mol. The van der Waals surface area contributed by atoms with E-state index < -0.39 is 16.1 Å². The molecule has 1 saturated heterocycles. The molecule has 0 bridgehead atoms. The molecule has 1 aliphatic rings. The molecule has 158 valence electrons. The highest BCUT2D eigenvalue weighted by Gasteiger charge is 2.34. The number of morpholine rings is 1. The Balaban J connectivity index is 1.54. The highest BCUT2D eigenvalue weighted by atomic mass is 32.2. The van der Waals surface area contributed by atoms with Crippen molar-refractivity contribution in [3.8, 4) is 0 Å². The van der Waals surface area contributed by atoms with Gasteiger partial charge in [0.15, 0.2) is 0 Å². The second-order valence-corrected chi connectivity index (χ2v) is 8.85. The van der Waals surface area contributed by atoms with Crippen LogP contribution in [0.2, 0.25) is 0 Å². The Labute approximate surface area is 175 Å². The van der Waals surface area contributed by atoms with Gasteiger partial charge in [-0.25, -0.2) is 18.4 Å². The molecule has 30 heavy (non-hydrogen) atoms. The van der Waals surface area contributed by atoms with Gasteiger partial charge in [0.2, 0.25) is 10.0 Å². The van der Waals surface area contributed by atoms with Crippen molar-refractivity contribution in [1.82, 2.24) is 24.1 Å². The molecule has 4 heterocycles. The number of ether oxygens (including phenoxy) is 1. The molecule has 0 amide bonds. The number of hydrogen-bond acceptors (Lipinski definition) is 7. The van der Waals surface area contributed by atoms with Gasteiger partial charge in [-0.1, -0.05) is 12.1 Å². The van der Waals surface area contributed by atoms with Crippen LogP contribution in [0.15, 0.2) is 53.7 Å². The van der Waals surface area contributed by atoms with Crippen LogP contribution in [0.25, 0.3) is 0 Å². The largest absolute Gasteiger partial charge is 0.369 e. The van der Waals surface area contributed by atoms with Gasteiger partial charge in [0.25, 0.3) is 0 Å². The molecule has 0 aromatic carbocycles. The molecule has 3 aromatic heterocycles. The molecule has 1 N–H and O–H groups in total. The van der Waals surface area contributed by atoms with E-state index in [1.54, 1.807) is 24.0 Å². The number of sulfonamides is 1. The molecule has 0 saturated carbocycles. The van der Waals surface area contributed by atoms with E-state index in [0.29, 0.717) is 42.7 Å². The van der Waals surface area contributed by atoms with Crippen LogP contribution in [0.4, 0.5) is 11.6 Å². The lowest BCUT2D eigenvalue weighted by Crippen LogP contribution is -2.42. The lowest BCUT2D eigenvalue weighted by atomic mass is 10.2. The smallest absolute Gasteiger partial charge is 0.246 e. The van der Waals surface area contributed by atoms with Crippen LogP contribution in [0.5, 0.6) is 0 Å². The Hall–Kier alpha value is -2.82. The molecule has 0 spiro atoms. The fourth-order valence-corrected chi connectivity index (χ4v) is 4.94. The van der Waals surface area contributed by atoms with Crippen LogP contribution in [0, 0.1) is 6.92 Å². The third kappa shape index (κ3) is 4.20. The van der Waals surface area contributed by atoms with Crippen molar-refractivity contribution in [3.05, 3.63) is 60.2 Å². The van der Waals surface area contributed by atoms with Gasteiger partial charge in [-0.05, 0) is 38.1 Å². The van der Waals surface area contributed by atoms with Crippen molar-refractivity contribution in [3.63, 3.8) is 0 Å². The standard InChI is InChI=1S/C20H24N6O3S/c1-3-25-14-18(15(2)24-25)30(27,28)26-11-12-29-17(13-26)16-7-6-9-20(22-16)23-19-8-4-5-10-21-19/h4-10,14,17H,3,11-13H2,1-2H3,(H,21,22,23)/t17-/m0/s1. The SMILES string of the molecule is CCn1cc(S(=O)(=O)N2CCO[C@H](c3cccc(Nc4ccccn4)n3)C2)c(C)n1. The van der Waals surface area contributed by atoms with Gasteiger partial charge in [0, 0.05) is 32.0 Å². The van der Waals surface area contributed by atoms with E-state index in [4.69, 9.17) is 4.74 Å². The molecule has 1 fully saturated rings. The summed E-state index contributed by atoms with van der Waals surface area (Å²) < 4.78 is 35.3. The normalized spacial score (nSPS) is 17.7. The van der Waals surface area contributed by atoms with Gasteiger partial charge in [-0.15, -0.1) is 0 Å². The molecule has 0 unspecified atom stereocenters. The molecule has 10 heteroatoms. The third-order valence-electron chi connectivity index (χ3n) is 4.89. The number of aromatic nitrogens is 4. The van der Waals surface area contributed by atoms with Crippen molar-refractivity contribution in [2.75, 3.05) is 25.0 Å². The van der Waals surface area contributed by atoms with Crippen LogP contribution in [0.3, 0.4) is 0 Å². The minimum atomic E-state index is -3.66. The quantitative estimate of drug-likeness (QED) is 0.643. The number of nitrogens with zero attached hydrogens (tertiary/aromatic N) is 5. The molecular formula is C20H24N6O3S. The maximum Gasteiger partial charge on any atom is 0.246 e. The first-order valence-corrected chi connectivity index (χ1v) is 11.2. The number of nitrogens with one attached hydrogen (secondary N) is 1. The van der Waals surface area contributed by atoms with Gasteiger partial charge in [0.05, 0.1) is 18.0 Å². The van der Waals surface area contributed by atoms with Crippen LogP contribution < -0.4 is 5.32 Å². The van der Waals surface area contributed by atoms with Gasteiger partial charge in [-0.2, -0.15) is 9.40 Å². The van der Waals surface area contributed by atoms with Crippen molar-refractivity contribution < 1.29 is 13.2 Å². The summed E-state index contributed by atoms with van der Waals surface area (Å²) in [5.41, 5.74) is 1.16. The Morgan fingerprint density at radius 1 is 1.20 bits per heavy atom. The first-order chi connectivity index (χ1) is 14.5. The lowest BCUT2D eigenvalue weighted by molar-refractivity contribution is -0.00487. The van der Waals surface area contributed by atoms with Gasteiger partial charge < -0.3 is 10.1 Å². The monoisotopic (exact) mass is 428 g/mol. The Morgan fingerprint density at radius 2 is 2.03 bits per heavy atom. The Kier molecular flexibility index (Phi) is 5.80. The van der Waals surface area contributed by atoms with Gasteiger partial charge >= 0.3 is 0 Å². The van der Waals surface area contributed by atoms with E-state index in [2.05, 4.69) is 20.4 Å². The molecule has 1 aliphatic heterocycles. The van der Waals surface area contributed by atoms with Crippen molar-refractivity contribution in [2.45, 2.75) is 31.4 Å². The summed E-state index contributed by atoms with van der Waals surface area (Å²) in [6, 6.07) is 11.1. The number of hydrogen-bond donors (Lipinski definition) is 1. The predicted octanol–water partition coefficient (Wildman–Crippen LogP) is 2.51. The summed E-state index contributed by atoms with van der Waals surface area (Å²) in [6.07, 6.45) is 2.83. The van der Waals surface area contributed by atoms with E-state index in [9.17, 15) is 8.42 Å². The van der Waals surface area contributed by atoms with E-state index >= 15 is 0 Å². The summed E-state index contributed by atoms with van der Waals surface area (Å²) in [4.78, 5) is 9.07. The van der Waals surface area contributed by atoms with Crippen LogP contribution in [0.1, 0.15) is 24.4 Å². The first-order valence-electron chi connectivity index (χ1n) is 9.78. The zero-order chi connectivity index (χ0) is 21.1. The Morgan fingerprint density at radius 3 is 2.77 bits per heavy atom. The van der Waals surface area contributed by atoms with E-state index in [-0.39, 0.29) is 11.4 Å². The number of anilines is 2. The maximum absolute atomic E-state index is 13.2. The summed E-state index contributed by atoms with van der Waals surface area (Å²) >= 11 is 0. The zero-order valence-electron chi connectivity index (χ0n) is 16.9. The lowest BCUT2D eigenvalue weighted by Gasteiger charge is -2.31.